The number of nitrogens with one attached hydrogen (secondary N) is 2. The maximum atomic E-state index is 12.7. The van der Waals surface area contributed by atoms with Gasteiger partial charge in [-0.2, -0.15) is 0 Å². The Morgan fingerprint density at radius 1 is 1.17 bits per heavy atom. The third-order valence-electron chi connectivity index (χ3n) is 4.85. The van der Waals surface area contributed by atoms with E-state index < -0.39 is 10.0 Å². The van der Waals surface area contributed by atoms with E-state index in [2.05, 4.69) is 15.0 Å². The van der Waals surface area contributed by atoms with E-state index >= 15 is 0 Å². The average Bonchev–Trinajstić information content (AvgIpc) is 3.35. The predicted molar refractivity (Wildman–Crippen MR) is 109 cm³/mol. The van der Waals surface area contributed by atoms with Crippen LogP contribution in [0.5, 0.6) is 0 Å². The maximum absolute atomic E-state index is 12.7. The average molecular weight is 410 g/mol. The van der Waals surface area contributed by atoms with Crippen molar-refractivity contribution in [3.8, 4) is 5.69 Å². The minimum absolute atomic E-state index is 0.0165. The van der Waals surface area contributed by atoms with Gasteiger partial charge in [-0.25, -0.2) is 18.1 Å². The number of hydrogen-bond acceptors (Lipinski definition) is 4. The van der Waals surface area contributed by atoms with Crippen LogP contribution < -0.4 is 10.0 Å². The first-order valence-corrected chi connectivity index (χ1v) is 10.9. The van der Waals surface area contributed by atoms with E-state index in [0.717, 1.165) is 24.1 Å². The third-order valence-corrected chi connectivity index (χ3v) is 6.37. The summed E-state index contributed by atoms with van der Waals surface area (Å²) in [7, 11) is -3.60. The van der Waals surface area contributed by atoms with Gasteiger partial charge in [0.05, 0.1) is 17.3 Å². The zero-order valence-corrected chi connectivity index (χ0v) is 16.8. The van der Waals surface area contributed by atoms with E-state index in [0.29, 0.717) is 5.56 Å². The predicted octanol–water partition coefficient (Wildman–Crippen LogP) is 2.80. The van der Waals surface area contributed by atoms with Crippen molar-refractivity contribution in [2.75, 3.05) is 0 Å². The molecule has 0 spiro atoms. The molecule has 3 aromatic rings. The largest absolute Gasteiger partial charge is 0.346 e. The molecule has 2 N–H and O–H groups in total. The van der Waals surface area contributed by atoms with Gasteiger partial charge in [-0.3, -0.25) is 4.79 Å². The summed E-state index contributed by atoms with van der Waals surface area (Å²) in [6.45, 7) is 1.89. The number of carbonyl (C=O) groups excluding carboxylic acids is 1. The highest BCUT2D eigenvalue weighted by Gasteiger charge is 2.28. The lowest BCUT2D eigenvalue weighted by molar-refractivity contribution is 0.0939. The molecule has 0 aliphatic heterocycles. The molecule has 2 aromatic carbocycles. The summed E-state index contributed by atoms with van der Waals surface area (Å²) in [4.78, 5) is 16.8. The Labute approximate surface area is 169 Å². The smallest absolute Gasteiger partial charge is 0.251 e. The van der Waals surface area contributed by atoms with Gasteiger partial charge in [-0.15, -0.1) is 0 Å². The van der Waals surface area contributed by atoms with Crippen LogP contribution in [0.2, 0.25) is 0 Å². The lowest BCUT2D eigenvalue weighted by atomic mass is 10.1. The summed E-state index contributed by atoms with van der Waals surface area (Å²) in [6.07, 6.45) is 7.01. The second-order valence-electron chi connectivity index (χ2n) is 7.18. The van der Waals surface area contributed by atoms with Gasteiger partial charge in [0.25, 0.3) is 5.91 Å². The van der Waals surface area contributed by atoms with Gasteiger partial charge in [0, 0.05) is 29.7 Å². The Balaban J connectivity index is 1.45. The van der Waals surface area contributed by atoms with Crippen molar-refractivity contribution in [2.45, 2.75) is 36.7 Å². The number of amides is 1. The zero-order valence-electron chi connectivity index (χ0n) is 15.9. The van der Waals surface area contributed by atoms with E-state index in [1.807, 2.05) is 42.0 Å². The van der Waals surface area contributed by atoms with Crippen molar-refractivity contribution in [3.63, 3.8) is 0 Å². The molecule has 1 aliphatic rings. The van der Waals surface area contributed by atoms with Crippen LogP contribution in [0.25, 0.3) is 5.69 Å². The Morgan fingerprint density at radius 3 is 2.59 bits per heavy atom. The SMILES string of the molecule is C[C@@H](NC(=O)c1cccc(S(=O)(=O)NC2CC2)c1)c1ccc(-n2ccnc2)cc1. The number of rotatable bonds is 7. The van der Waals surface area contributed by atoms with Crippen LogP contribution in [-0.4, -0.2) is 29.9 Å². The van der Waals surface area contributed by atoms with Gasteiger partial charge in [-0.05, 0) is 55.7 Å². The molecular formula is C21H22N4O3S. The van der Waals surface area contributed by atoms with Crippen molar-refractivity contribution >= 4 is 15.9 Å². The van der Waals surface area contributed by atoms with Gasteiger partial charge in [0.15, 0.2) is 0 Å². The zero-order chi connectivity index (χ0) is 20.4. The van der Waals surface area contributed by atoms with Crippen molar-refractivity contribution in [1.29, 1.82) is 0 Å². The van der Waals surface area contributed by atoms with Crippen LogP contribution in [-0.2, 0) is 10.0 Å². The fourth-order valence-electron chi connectivity index (χ4n) is 3.00. The number of hydrogen-bond donors (Lipinski definition) is 2. The highest BCUT2D eigenvalue weighted by molar-refractivity contribution is 7.89. The van der Waals surface area contributed by atoms with Crippen molar-refractivity contribution in [2.24, 2.45) is 0 Å². The first-order chi connectivity index (χ1) is 13.9. The lowest BCUT2D eigenvalue weighted by Crippen LogP contribution is -2.28. The van der Waals surface area contributed by atoms with E-state index in [4.69, 9.17) is 0 Å². The molecule has 1 amide bonds. The van der Waals surface area contributed by atoms with Crippen LogP contribution in [0.4, 0.5) is 0 Å². The molecule has 0 saturated heterocycles. The molecule has 1 aromatic heterocycles. The molecule has 0 bridgehead atoms. The van der Waals surface area contributed by atoms with E-state index in [-0.39, 0.29) is 22.9 Å². The molecule has 7 nitrogen and oxygen atoms in total. The minimum Gasteiger partial charge on any atom is -0.346 e. The summed E-state index contributed by atoms with van der Waals surface area (Å²) in [5.74, 6) is -0.320. The van der Waals surface area contributed by atoms with E-state index in [1.54, 1.807) is 24.7 Å². The number of nitrogens with zero attached hydrogens (tertiary/aromatic N) is 2. The molecule has 150 valence electrons. The molecule has 1 heterocycles. The van der Waals surface area contributed by atoms with Crippen LogP contribution in [0, 0.1) is 0 Å². The van der Waals surface area contributed by atoms with E-state index in [9.17, 15) is 13.2 Å². The topological polar surface area (TPSA) is 93.1 Å². The Bertz CT molecular complexity index is 1110. The highest BCUT2D eigenvalue weighted by atomic mass is 32.2. The molecular weight excluding hydrogens is 388 g/mol. The second-order valence-corrected chi connectivity index (χ2v) is 8.89. The molecule has 4 rings (SSSR count). The number of carbonyl (C=O) groups is 1. The molecule has 1 aliphatic carbocycles. The lowest BCUT2D eigenvalue weighted by Gasteiger charge is -2.15. The molecule has 1 atom stereocenters. The summed E-state index contributed by atoms with van der Waals surface area (Å²) in [5, 5.41) is 2.93. The Morgan fingerprint density at radius 2 is 1.93 bits per heavy atom. The van der Waals surface area contributed by atoms with Crippen molar-refractivity contribution in [1.82, 2.24) is 19.6 Å². The number of benzene rings is 2. The molecule has 1 fully saturated rings. The fraction of sp³-hybridized carbons (Fsp3) is 0.238. The highest BCUT2D eigenvalue weighted by Crippen LogP contribution is 2.23. The monoisotopic (exact) mass is 410 g/mol. The van der Waals surface area contributed by atoms with Gasteiger partial charge in [0.1, 0.15) is 0 Å². The molecule has 0 unspecified atom stereocenters. The molecule has 0 radical (unpaired) electrons. The molecule has 8 heteroatoms. The summed E-state index contributed by atoms with van der Waals surface area (Å²) < 4.78 is 29.3. The quantitative estimate of drug-likeness (QED) is 0.626. The summed E-state index contributed by atoms with van der Waals surface area (Å²) >= 11 is 0. The number of imidazole rings is 1. The first kappa shape index (κ1) is 19.4. The van der Waals surface area contributed by atoms with Crippen molar-refractivity contribution in [3.05, 3.63) is 78.4 Å². The van der Waals surface area contributed by atoms with Gasteiger partial charge in [-0.1, -0.05) is 18.2 Å². The number of aromatic nitrogens is 2. The van der Waals surface area contributed by atoms with Crippen LogP contribution in [0.15, 0.2) is 72.1 Å². The Kier molecular flexibility index (Phi) is 5.21. The van der Waals surface area contributed by atoms with E-state index in [1.165, 1.54) is 12.1 Å². The maximum Gasteiger partial charge on any atom is 0.251 e. The first-order valence-electron chi connectivity index (χ1n) is 9.44. The third kappa shape index (κ3) is 4.55. The molecule has 29 heavy (non-hydrogen) atoms. The van der Waals surface area contributed by atoms with Crippen LogP contribution in [0.3, 0.4) is 0 Å². The van der Waals surface area contributed by atoms with Crippen LogP contribution >= 0.6 is 0 Å². The Hall–Kier alpha value is -2.97. The van der Waals surface area contributed by atoms with Gasteiger partial charge >= 0.3 is 0 Å². The van der Waals surface area contributed by atoms with Gasteiger partial charge < -0.3 is 9.88 Å². The second kappa shape index (κ2) is 7.81. The fourth-order valence-corrected chi connectivity index (χ4v) is 4.35. The van der Waals surface area contributed by atoms with Crippen molar-refractivity contribution < 1.29 is 13.2 Å². The number of sulfonamides is 1. The minimum atomic E-state index is -3.60. The molecule has 1 saturated carbocycles. The summed E-state index contributed by atoms with van der Waals surface area (Å²) in [6, 6.07) is 13.7. The van der Waals surface area contributed by atoms with Gasteiger partial charge in [0.2, 0.25) is 10.0 Å². The normalized spacial score (nSPS) is 15.1. The van der Waals surface area contributed by atoms with Crippen LogP contribution in [0.1, 0.15) is 41.7 Å². The standard InChI is InChI=1S/C21H22N4O3S/c1-15(16-5-9-19(10-6-16)25-12-11-22-14-25)23-21(26)17-3-2-4-20(13-17)29(27,28)24-18-7-8-18/h2-6,9-15,18,24H,7-8H2,1H3,(H,23,26)/t15-/m1/s1. The summed E-state index contributed by atoms with van der Waals surface area (Å²) in [5.41, 5.74) is 2.23.